The van der Waals surface area contributed by atoms with E-state index >= 15 is 0 Å². The van der Waals surface area contributed by atoms with E-state index in [-0.39, 0.29) is 10.6 Å². The highest BCUT2D eigenvalue weighted by Crippen LogP contribution is 2.20. The summed E-state index contributed by atoms with van der Waals surface area (Å²) in [5, 5.41) is 10.7. The average Bonchev–Trinajstić information content (AvgIpc) is 2.59. The molecule has 0 aliphatic rings. The van der Waals surface area contributed by atoms with Crippen LogP contribution in [0.15, 0.2) is 66.1 Å². The van der Waals surface area contributed by atoms with Crippen LogP contribution in [0.25, 0.3) is 0 Å². The minimum Gasteiger partial charge on any atom is -0.258 e. The van der Waals surface area contributed by atoms with E-state index in [0.29, 0.717) is 12.0 Å². The Hall–Kier alpha value is -2.55. The van der Waals surface area contributed by atoms with E-state index in [1.165, 1.54) is 24.3 Å². The number of non-ortho nitro benzene ring substituents is 1. The summed E-state index contributed by atoms with van der Waals surface area (Å²) in [6, 6.07) is 12.0. The van der Waals surface area contributed by atoms with Crippen molar-refractivity contribution in [3.63, 3.8) is 0 Å². The van der Waals surface area contributed by atoms with Gasteiger partial charge in [-0.05, 0) is 31.0 Å². The maximum Gasteiger partial charge on any atom is 0.269 e. The molecule has 1 unspecified atom stereocenters. The van der Waals surface area contributed by atoms with Gasteiger partial charge in [0.25, 0.3) is 15.7 Å². The summed E-state index contributed by atoms with van der Waals surface area (Å²) in [5.41, 5.74) is 4.40. The molecule has 132 valence electrons. The molecule has 2 rings (SSSR count). The van der Waals surface area contributed by atoms with Gasteiger partial charge in [-0.15, -0.1) is 11.4 Å². The lowest BCUT2D eigenvalue weighted by Gasteiger charge is -2.18. The van der Waals surface area contributed by atoms with Crippen molar-refractivity contribution in [2.45, 2.75) is 24.3 Å². The molecule has 0 radical (unpaired) electrons. The minimum atomic E-state index is -3.72. The fourth-order valence-corrected chi connectivity index (χ4v) is 3.11. The van der Waals surface area contributed by atoms with Gasteiger partial charge in [-0.1, -0.05) is 35.9 Å². The molecule has 0 bridgehead atoms. The summed E-state index contributed by atoms with van der Waals surface area (Å²) < 4.78 is 24.7. The third-order valence-corrected chi connectivity index (χ3v) is 4.89. The van der Waals surface area contributed by atoms with Gasteiger partial charge in [-0.3, -0.25) is 10.1 Å². The summed E-state index contributed by atoms with van der Waals surface area (Å²) in [7, 11) is -3.72. The number of nitro groups is 1. The van der Waals surface area contributed by atoms with Gasteiger partial charge < -0.3 is 0 Å². The monoisotopic (exact) mass is 361 g/mol. The Labute approximate surface area is 146 Å². The first-order chi connectivity index (χ1) is 11.8. The van der Waals surface area contributed by atoms with Crippen molar-refractivity contribution < 1.29 is 13.3 Å². The molecule has 2 N–H and O–H groups in total. The standard InChI is InChI=1S/C17H19N3O4S/c1-3-4-17(14-7-9-15(10-8-14)20(21)22)18-19-25(23,24)16-11-5-13(2)6-12-16/h3,5-12,17-19H,1,4H2,2H3. The Kier molecular flexibility index (Phi) is 6.02. The number of nitrogens with zero attached hydrogens (tertiary/aromatic N) is 1. The fourth-order valence-electron chi connectivity index (χ4n) is 2.20. The summed E-state index contributed by atoms with van der Waals surface area (Å²) in [6.45, 7) is 5.53. The van der Waals surface area contributed by atoms with Crippen molar-refractivity contribution in [3.05, 3.63) is 82.4 Å². The van der Waals surface area contributed by atoms with Gasteiger partial charge in [-0.25, -0.2) is 13.8 Å². The Morgan fingerprint density at radius 1 is 1.16 bits per heavy atom. The maximum absolute atomic E-state index is 12.3. The molecule has 0 saturated heterocycles. The maximum atomic E-state index is 12.3. The van der Waals surface area contributed by atoms with Crippen molar-refractivity contribution in [2.75, 3.05) is 0 Å². The molecule has 0 heterocycles. The van der Waals surface area contributed by atoms with Crippen LogP contribution in [0, 0.1) is 17.0 Å². The Bertz CT molecular complexity index is 846. The molecule has 0 saturated carbocycles. The number of hydrogen-bond acceptors (Lipinski definition) is 5. The SMILES string of the molecule is C=CCC(NNS(=O)(=O)c1ccc(C)cc1)c1ccc([N+](=O)[O-])cc1. The molecular formula is C17H19N3O4S. The molecule has 0 aliphatic heterocycles. The minimum absolute atomic E-state index is 0.0265. The molecule has 1 atom stereocenters. The number of rotatable bonds is 8. The Morgan fingerprint density at radius 2 is 1.76 bits per heavy atom. The quantitative estimate of drug-likeness (QED) is 0.427. The zero-order valence-electron chi connectivity index (χ0n) is 13.7. The first-order valence-electron chi connectivity index (χ1n) is 7.53. The van der Waals surface area contributed by atoms with E-state index in [2.05, 4.69) is 16.8 Å². The number of hydrogen-bond donors (Lipinski definition) is 2. The average molecular weight is 361 g/mol. The number of benzene rings is 2. The van der Waals surface area contributed by atoms with Crippen molar-refractivity contribution in [1.29, 1.82) is 0 Å². The zero-order valence-corrected chi connectivity index (χ0v) is 14.5. The highest BCUT2D eigenvalue weighted by Gasteiger charge is 2.17. The molecule has 25 heavy (non-hydrogen) atoms. The van der Waals surface area contributed by atoms with Gasteiger partial charge in [0, 0.05) is 12.1 Å². The number of sulfonamides is 1. The van der Waals surface area contributed by atoms with Crippen molar-refractivity contribution >= 4 is 15.7 Å². The second-order valence-corrected chi connectivity index (χ2v) is 7.17. The van der Waals surface area contributed by atoms with Crippen LogP contribution in [0.1, 0.15) is 23.6 Å². The van der Waals surface area contributed by atoms with Gasteiger partial charge in [0.05, 0.1) is 15.9 Å². The normalized spacial score (nSPS) is 12.5. The lowest BCUT2D eigenvalue weighted by Crippen LogP contribution is -2.39. The topological polar surface area (TPSA) is 101 Å². The summed E-state index contributed by atoms with van der Waals surface area (Å²) >= 11 is 0. The third kappa shape index (κ3) is 4.96. The van der Waals surface area contributed by atoms with E-state index in [0.717, 1.165) is 5.56 Å². The molecule has 0 aromatic heterocycles. The van der Waals surface area contributed by atoms with Gasteiger partial charge in [0.2, 0.25) is 0 Å². The second-order valence-electron chi connectivity index (χ2n) is 5.49. The molecule has 0 spiro atoms. The van der Waals surface area contributed by atoms with Crippen LogP contribution < -0.4 is 10.3 Å². The van der Waals surface area contributed by atoms with E-state index in [4.69, 9.17) is 0 Å². The Morgan fingerprint density at radius 3 is 2.28 bits per heavy atom. The predicted molar refractivity (Wildman–Crippen MR) is 95.3 cm³/mol. The molecule has 8 heteroatoms. The molecule has 2 aromatic rings. The number of hydrazine groups is 1. The fraction of sp³-hybridized carbons (Fsp3) is 0.176. The summed E-state index contributed by atoms with van der Waals surface area (Å²) in [4.78, 5) is 12.7. The van der Waals surface area contributed by atoms with Gasteiger partial charge in [0.15, 0.2) is 0 Å². The van der Waals surface area contributed by atoms with Crippen LogP contribution >= 0.6 is 0 Å². The summed E-state index contributed by atoms with van der Waals surface area (Å²) in [5.74, 6) is 0. The highest BCUT2D eigenvalue weighted by molar-refractivity contribution is 7.89. The van der Waals surface area contributed by atoms with Crippen molar-refractivity contribution in [2.24, 2.45) is 0 Å². The molecular weight excluding hydrogens is 342 g/mol. The lowest BCUT2D eigenvalue weighted by atomic mass is 10.0. The molecule has 0 fully saturated rings. The van der Waals surface area contributed by atoms with Crippen LogP contribution in [0.5, 0.6) is 0 Å². The number of nitrogens with one attached hydrogen (secondary N) is 2. The lowest BCUT2D eigenvalue weighted by molar-refractivity contribution is -0.384. The molecule has 0 amide bonds. The highest BCUT2D eigenvalue weighted by atomic mass is 32.2. The molecule has 2 aromatic carbocycles. The van der Waals surface area contributed by atoms with Gasteiger partial charge in [0.1, 0.15) is 0 Å². The van der Waals surface area contributed by atoms with Crippen LogP contribution in [-0.2, 0) is 10.0 Å². The van der Waals surface area contributed by atoms with Crippen LogP contribution in [0.4, 0.5) is 5.69 Å². The van der Waals surface area contributed by atoms with Crippen LogP contribution in [-0.4, -0.2) is 13.3 Å². The van der Waals surface area contributed by atoms with Crippen LogP contribution in [0.2, 0.25) is 0 Å². The third-order valence-electron chi connectivity index (χ3n) is 3.61. The zero-order chi connectivity index (χ0) is 18.4. The van der Waals surface area contributed by atoms with Crippen molar-refractivity contribution in [1.82, 2.24) is 10.3 Å². The number of aryl methyl sites for hydroxylation is 1. The largest absolute Gasteiger partial charge is 0.269 e. The molecule has 0 aliphatic carbocycles. The van der Waals surface area contributed by atoms with Crippen molar-refractivity contribution in [3.8, 4) is 0 Å². The Balaban J connectivity index is 2.14. The predicted octanol–water partition coefficient (Wildman–Crippen LogP) is 3.00. The first-order valence-corrected chi connectivity index (χ1v) is 9.01. The smallest absolute Gasteiger partial charge is 0.258 e. The van der Waals surface area contributed by atoms with E-state index in [1.54, 1.807) is 30.3 Å². The van der Waals surface area contributed by atoms with E-state index in [9.17, 15) is 18.5 Å². The van der Waals surface area contributed by atoms with Crippen LogP contribution in [0.3, 0.4) is 0 Å². The van der Waals surface area contributed by atoms with Gasteiger partial charge >= 0.3 is 0 Å². The second kappa shape index (κ2) is 8.02. The summed E-state index contributed by atoms with van der Waals surface area (Å²) in [6.07, 6.45) is 2.08. The van der Waals surface area contributed by atoms with Gasteiger partial charge in [-0.2, -0.15) is 0 Å². The van der Waals surface area contributed by atoms with E-state index < -0.39 is 21.0 Å². The first kappa shape index (κ1) is 18.8. The molecule has 7 nitrogen and oxygen atoms in total. The number of nitro benzene ring substituents is 1. The van der Waals surface area contributed by atoms with E-state index in [1.807, 2.05) is 6.92 Å².